The van der Waals surface area contributed by atoms with Gasteiger partial charge in [-0.25, -0.2) is 0 Å². The molecule has 14 heavy (non-hydrogen) atoms. The van der Waals surface area contributed by atoms with Crippen LogP contribution in [0.3, 0.4) is 0 Å². The van der Waals surface area contributed by atoms with Crippen molar-refractivity contribution >= 4 is 0 Å². The number of aliphatic hydroxyl groups excluding tert-OH is 1. The molecule has 1 rings (SSSR count). The largest absolute Gasteiger partial charge is 0.396 e. The quantitative estimate of drug-likeness (QED) is 0.677. The second-order valence-corrected chi connectivity index (χ2v) is 5.09. The first kappa shape index (κ1) is 12.0. The van der Waals surface area contributed by atoms with Gasteiger partial charge in [0.05, 0.1) is 12.3 Å². The first-order chi connectivity index (χ1) is 6.53. The van der Waals surface area contributed by atoms with E-state index in [2.05, 4.69) is 5.32 Å². The second-order valence-electron chi connectivity index (χ2n) is 5.09. The van der Waals surface area contributed by atoms with Gasteiger partial charge in [0.25, 0.3) is 0 Å². The van der Waals surface area contributed by atoms with Crippen LogP contribution < -0.4 is 5.32 Å². The van der Waals surface area contributed by atoms with Crippen molar-refractivity contribution in [2.45, 2.75) is 51.7 Å². The van der Waals surface area contributed by atoms with E-state index in [4.69, 9.17) is 9.84 Å². The van der Waals surface area contributed by atoms with Crippen LogP contribution in [0.25, 0.3) is 0 Å². The van der Waals surface area contributed by atoms with Gasteiger partial charge in [0.2, 0.25) is 0 Å². The minimum Gasteiger partial charge on any atom is -0.396 e. The molecule has 2 atom stereocenters. The van der Waals surface area contributed by atoms with Crippen LogP contribution in [0.15, 0.2) is 0 Å². The van der Waals surface area contributed by atoms with Gasteiger partial charge in [-0.15, -0.1) is 0 Å². The summed E-state index contributed by atoms with van der Waals surface area (Å²) in [6.07, 6.45) is 3.53. The van der Waals surface area contributed by atoms with Crippen LogP contribution in [-0.2, 0) is 4.74 Å². The lowest BCUT2D eigenvalue weighted by Gasteiger charge is -2.24. The molecule has 0 spiro atoms. The summed E-state index contributed by atoms with van der Waals surface area (Å²) in [6, 6.07) is 0.447. The molecule has 2 N–H and O–H groups in total. The van der Waals surface area contributed by atoms with Gasteiger partial charge in [0.15, 0.2) is 0 Å². The molecule has 1 saturated carbocycles. The van der Waals surface area contributed by atoms with E-state index in [1.807, 2.05) is 20.8 Å². The highest BCUT2D eigenvalue weighted by Gasteiger charge is 2.26. The normalized spacial score (nSPS) is 28.3. The average molecular weight is 201 g/mol. The minimum atomic E-state index is -0.0830. The Hall–Kier alpha value is -0.120. The fourth-order valence-corrected chi connectivity index (χ4v) is 1.89. The van der Waals surface area contributed by atoms with E-state index in [1.54, 1.807) is 0 Å². The maximum absolute atomic E-state index is 9.11. The van der Waals surface area contributed by atoms with Crippen LogP contribution >= 0.6 is 0 Å². The molecule has 0 saturated heterocycles. The second kappa shape index (κ2) is 5.10. The topological polar surface area (TPSA) is 41.5 Å². The van der Waals surface area contributed by atoms with Gasteiger partial charge in [0, 0.05) is 12.6 Å². The lowest BCUT2D eigenvalue weighted by atomic mass is 10.1. The lowest BCUT2D eigenvalue weighted by molar-refractivity contribution is -0.0197. The Labute approximate surface area is 86.8 Å². The average Bonchev–Trinajstić information content (AvgIpc) is 2.49. The molecular weight excluding hydrogens is 178 g/mol. The molecule has 1 aliphatic carbocycles. The van der Waals surface area contributed by atoms with Gasteiger partial charge in [-0.1, -0.05) is 6.42 Å². The number of hydrogen-bond acceptors (Lipinski definition) is 3. The van der Waals surface area contributed by atoms with Crippen LogP contribution in [0.5, 0.6) is 0 Å². The molecule has 0 aliphatic heterocycles. The van der Waals surface area contributed by atoms with Crippen LogP contribution in [-0.4, -0.2) is 30.1 Å². The Kier molecular flexibility index (Phi) is 4.35. The SMILES string of the molecule is CC(C)(C)OCN[C@H]1CCC[C@@H]1CO. The predicted molar refractivity (Wildman–Crippen MR) is 57.1 cm³/mol. The monoisotopic (exact) mass is 201 g/mol. The third-order valence-electron chi connectivity index (χ3n) is 2.74. The van der Waals surface area contributed by atoms with Crippen LogP contribution in [0, 0.1) is 5.92 Å². The van der Waals surface area contributed by atoms with Crippen LogP contribution in [0.2, 0.25) is 0 Å². The van der Waals surface area contributed by atoms with Gasteiger partial charge >= 0.3 is 0 Å². The van der Waals surface area contributed by atoms with E-state index in [1.165, 1.54) is 12.8 Å². The zero-order chi connectivity index (χ0) is 10.6. The van der Waals surface area contributed by atoms with Crippen molar-refractivity contribution in [1.82, 2.24) is 5.32 Å². The first-order valence-corrected chi connectivity index (χ1v) is 5.51. The summed E-state index contributed by atoms with van der Waals surface area (Å²) in [6.45, 7) is 7.03. The van der Waals surface area contributed by atoms with Crippen molar-refractivity contribution in [2.24, 2.45) is 5.92 Å². The van der Waals surface area contributed by atoms with Crippen molar-refractivity contribution < 1.29 is 9.84 Å². The van der Waals surface area contributed by atoms with Crippen molar-refractivity contribution in [2.75, 3.05) is 13.3 Å². The summed E-state index contributed by atoms with van der Waals surface area (Å²) in [4.78, 5) is 0. The summed E-state index contributed by atoms with van der Waals surface area (Å²) in [5, 5.41) is 12.5. The van der Waals surface area contributed by atoms with Crippen molar-refractivity contribution in [3.8, 4) is 0 Å². The molecule has 84 valence electrons. The first-order valence-electron chi connectivity index (χ1n) is 5.51. The summed E-state index contributed by atoms with van der Waals surface area (Å²) in [7, 11) is 0. The number of hydrogen-bond donors (Lipinski definition) is 2. The molecule has 0 aromatic heterocycles. The lowest BCUT2D eigenvalue weighted by Crippen LogP contribution is -2.38. The van der Waals surface area contributed by atoms with Crippen molar-refractivity contribution in [3.63, 3.8) is 0 Å². The van der Waals surface area contributed by atoms with Gasteiger partial charge < -0.3 is 9.84 Å². The van der Waals surface area contributed by atoms with Crippen molar-refractivity contribution in [3.05, 3.63) is 0 Å². The fraction of sp³-hybridized carbons (Fsp3) is 1.00. The Balaban J connectivity index is 2.18. The Bertz CT molecular complexity index is 165. The summed E-state index contributed by atoms with van der Waals surface area (Å²) < 4.78 is 5.59. The third kappa shape index (κ3) is 3.95. The van der Waals surface area contributed by atoms with Gasteiger partial charge in [-0.3, -0.25) is 5.32 Å². The third-order valence-corrected chi connectivity index (χ3v) is 2.74. The molecule has 1 fully saturated rings. The Morgan fingerprint density at radius 3 is 2.64 bits per heavy atom. The highest BCUT2D eigenvalue weighted by Crippen LogP contribution is 2.24. The van der Waals surface area contributed by atoms with E-state index < -0.39 is 0 Å². The molecule has 0 aromatic rings. The zero-order valence-electron chi connectivity index (χ0n) is 9.55. The molecule has 0 radical (unpaired) electrons. The van der Waals surface area contributed by atoms with E-state index >= 15 is 0 Å². The standard InChI is InChI=1S/C11H23NO2/c1-11(2,3)14-8-12-10-6-4-5-9(10)7-13/h9-10,12-13H,4-8H2,1-3H3/t9-,10+/m1/s1. The maximum atomic E-state index is 9.11. The molecular formula is C11H23NO2. The van der Waals surface area contributed by atoms with Crippen molar-refractivity contribution in [1.29, 1.82) is 0 Å². The van der Waals surface area contributed by atoms with Crippen LogP contribution in [0.4, 0.5) is 0 Å². The molecule has 3 heteroatoms. The molecule has 0 bridgehead atoms. The maximum Gasteiger partial charge on any atom is 0.0974 e. The Morgan fingerprint density at radius 2 is 2.07 bits per heavy atom. The van der Waals surface area contributed by atoms with E-state index in [-0.39, 0.29) is 5.60 Å². The molecule has 0 heterocycles. The van der Waals surface area contributed by atoms with E-state index in [0.717, 1.165) is 6.42 Å². The zero-order valence-corrected chi connectivity index (χ0v) is 9.55. The summed E-state index contributed by atoms with van der Waals surface area (Å²) >= 11 is 0. The van der Waals surface area contributed by atoms with Gasteiger partial charge in [0.1, 0.15) is 0 Å². The molecule has 1 aliphatic rings. The molecule has 0 aromatic carbocycles. The highest BCUT2D eigenvalue weighted by atomic mass is 16.5. The number of nitrogens with one attached hydrogen (secondary N) is 1. The summed E-state index contributed by atoms with van der Waals surface area (Å²) in [5.41, 5.74) is -0.0830. The summed E-state index contributed by atoms with van der Waals surface area (Å²) in [5.74, 6) is 0.429. The fourth-order valence-electron chi connectivity index (χ4n) is 1.89. The molecule has 0 unspecified atom stereocenters. The van der Waals surface area contributed by atoms with E-state index in [0.29, 0.717) is 25.3 Å². The van der Waals surface area contributed by atoms with E-state index in [9.17, 15) is 0 Å². The molecule has 3 nitrogen and oxygen atoms in total. The highest BCUT2D eigenvalue weighted by molar-refractivity contribution is 4.81. The van der Waals surface area contributed by atoms with Gasteiger partial charge in [-0.2, -0.15) is 0 Å². The minimum absolute atomic E-state index is 0.0830. The number of rotatable bonds is 4. The Morgan fingerprint density at radius 1 is 1.36 bits per heavy atom. The number of aliphatic hydroxyl groups is 1. The molecule has 0 amide bonds. The van der Waals surface area contributed by atoms with Crippen LogP contribution in [0.1, 0.15) is 40.0 Å². The van der Waals surface area contributed by atoms with Gasteiger partial charge in [-0.05, 0) is 39.5 Å². The number of ether oxygens (including phenoxy) is 1. The smallest absolute Gasteiger partial charge is 0.0974 e. The predicted octanol–water partition coefficient (Wildman–Crippen LogP) is 1.51.